The van der Waals surface area contributed by atoms with Crippen molar-refractivity contribution in [3.63, 3.8) is 0 Å². The van der Waals surface area contributed by atoms with Crippen LogP contribution < -0.4 is 0 Å². The van der Waals surface area contributed by atoms with Crippen LogP contribution in [0.15, 0.2) is 96.7 Å². The van der Waals surface area contributed by atoms with Crippen LogP contribution in [0.4, 0.5) is 0 Å². The molecule has 1 atom stereocenters. The quantitative estimate of drug-likeness (QED) is 0.467. The SMILES string of the molecule is Cc1ccc2c(c1)-c1ccccc1C(C1=CCC=C(c3ccccn3)C=C1)CC2. The molecule has 0 saturated carbocycles. The van der Waals surface area contributed by atoms with Gasteiger partial charge in [0.2, 0.25) is 0 Å². The molecule has 29 heavy (non-hydrogen) atoms. The van der Waals surface area contributed by atoms with E-state index in [0.29, 0.717) is 5.92 Å². The molecule has 2 aliphatic carbocycles. The number of benzene rings is 2. The predicted octanol–water partition coefficient (Wildman–Crippen LogP) is 7.06. The molecule has 0 amide bonds. The maximum Gasteiger partial charge on any atom is 0.0698 e. The van der Waals surface area contributed by atoms with E-state index in [-0.39, 0.29) is 0 Å². The third kappa shape index (κ3) is 3.49. The van der Waals surface area contributed by atoms with Crippen molar-refractivity contribution in [3.05, 3.63) is 119 Å². The number of allylic oxidation sites excluding steroid dienone is 6. The van der Waals surface area contributed by atoms with Crippen LogP contribution in [0.3, 0.4) is 0 Å². The second-order valence-electron chi connectivity index (χ2n) is 7.99. The summed E-state index contributed by atoms with van der Waals surface area (Å²) in [6.07, 6.45) is 14.3. The third-order valence-electron chi connectivity index (χ3n) is 6.10. The number of nitrogens with zero attached hydrogens (tertiary/aromatic N) is 1. The second-order valence-corrected chi connectivity index (χ2v) is 7.99. The van der Waals surface area contributed by atoms with Gasteiger partial charge in [0.25, 0.3) is 0 Å². The highest BCUT2D eigenvalue weighted by Crippen LogP contribution is 2.42. The Morgan fingerprint density at radius 3 is 2.66 bits per heavy atom. The standard InChI is InChI=1S/C28H25N/c1-20-12-13-22-16-17-24(25-9-2-3-10-26(25)27(22)19-20)21-7-6-8-23(15-14-21)28-11-4-5-18-29-28/h2-5,7-15,18-19,24H,6,16-17H2,1H3. The molecule has 5 rings (SSSR count). The van der Waals surface area contributed by atoms with Gasteiger partial charge < -0.3 is 0 Å². The van der Waals surface area contributed by atoms with E-state index in [4.69, 9.17) is 0 Å². The van der Waals surface area contributed by atoms with Gasteiger partial charge in [0.1, 0.15) is 0 Å². The fourth-order valence-electron chi connectivity index (χ4n) is 4.63. The van der Waals surface area contributed by atoms with Gasteiger partial charge in [-0.2, -0.15) is 0 Å². The van der Waals surface area contributed by atoms with Crippen molar-refractivity contribution in [1.29, 1.82) is 0 Å². The molecule has 1 heterocycles. The van der Waals surface area contributed by atoms with Gasteiger partial charge in [0, 0.05) is 12.1 Å². The number of hydrogen-bond acceptors (Lipinski definition) is 1. The minimum atomic E-state index is 0.423. The van der Waals surface area contributed by atoms with Crippen LogP contribution >= 0.6 is 0 Å². The van der Waals surface area contributed by atoms with E-state index < -0.39 is 0 Å². The van der Waals surface area contributed by atoms with E-state index in [1.54, 1.807) is 0 Å². The molecule has 0 fully saturated rings. The van der Waals surface area contributed by atoms with Gasteiger partial charge in [0.05, 0.1) is 5.69 Å². The number of fused-ring (bicyclic) bond motifs is 3. The van der Waals surface area contributed by atoms with E-state index in [2.05, 4.69) is 90.8 Å². The van der Waals surface area contributed by atoms with Gasteiger partial charge >= 0.3 is 0 Å². The lowest BCUT2D eigenvalue weighted by Gasteiger charge is -2.19. The summed E-state index contributed by atoms with van der Waals surface area (Å²) in [6, 6.07) is 22.0. The van der Waals surface area contributed by atoms with Crippen molar-refractivity contribution >= 4 is 5.57 Å². The summed E-state index contributed by atoms with van der Waals surface area (Å²) in [7, 11) is 0. The van der Waals surface area contributed by atoms with Crippen molar-refractivity contribution in [2.45, 2.75) is 32.1 Å². The fraction of sp³-hybridized carbons (Fsp3) is 0.179. The molecular formula is C28H25N. The van der Waals surface area contributed by atoms with Crippen molar-refractivity contribution in [2.24, 2.45) is 0 Å². The Bertz CT molecular complexity index is 1130. The lowest BCUT2D eigenvalue weighted by atomic mass is 9.85. The Morgan fingerprint density at radius 1 is 0.862 bits per heavy atom. The first kappa shape index (κ1) is 17.9. The van der Waals surface area contributed by atoms with Crippen LogP contribution in [0.1, 0.15) is 41.1 Å². The monoisotopic (exact) mass is 375 g/mol. The molecule has 2 aromatic carbocycles. The third-order valence-corrected chi connectivity index (χ3v) is 6.10. The van der Waals surface area contributed by atoms with Gasteiger partial charge in [-0.15, -0.1) is 0 Å². The van der Waals surface area contributed by atoms with Gasteiger partial charge in [-0.3, -0.25) is 4.98 Å². The minimum Gasteiger partial charge on any atom is -0.256 e. The van der Waals surface area contributed by atoms with Crippen LogP contribution in [0, 0.1) is 6.92 Å². The average Bonchev–Trinajstić information content (AvgIpc) is 3.10. The topological polar surface area (TPSA) is 12.9 Å². The van der Waals surface area contributed by atoms with E-state index in [0.717, 1.165) is 25.0 Å². The number of rotatable bonds is 2. The van der Waals surface area contributed by atoms with Crippen LogP contribution in [0.25, 0.3) is 16.7 Å². The van der Waals surface area contributed by atoms with Crippen molar-refractivity contribution < 1.29 is 0 Å². The highest BCUT2D eigenvalue weighted by atomic mass is 14.7. The molecule has 3 aromatic rings. The first-order valence-corrected chi connectivity index (χ1v) is 10.5. The van der Waals surface area contributed by atoms with Crippen LogP contribution in [-0.4, -0.2) is 4.98 Å². The lowest BCUT2D eigenvalue weighted by molar-refractivity contribution is 0.723. The molecule has 0 aliphatic heterocycles. The van der Waals surface area contributed by atoms with Crippen molar-refractivity contribution in [1.82, 2.24) is 4.98 Å². The lowest BCUT2D eigenvalue weighted by Crippen LogP contribution is -2.02. The van der Waals surface area contributed by atoms with Gasteiger partial charge in [-0.1, -0.05) is 78.4 Å². The largest absolute Gasteiger partial charge is 0.256 e. The van der Waals surface area contributed by atoms with E-state index in [1.165, 1.54) is 39.0 Å². The molecule has 1 heteroatoms. The van der Waals surface area contributed by atoms with E-state index in [1.807, 2.05) is 12.3 Å². The smallest absolute Gasteiger partial charge is 0.0698 e. The van der Waals surface area contributed by atoms with Crippen LogP contribution in [0.2, 0.25) is 0 Å². The minimum absolute atomic E-state index is 0.423. The fourth-order valence-corrected chi connectivity index (χ4v) is 4.63. The molecule has 1 nitrogen and oxygen atoms in total. The zero-order valence-electron chi connectivity index (χ0n) is 16.8. The van der Waals surface area contributed by atoms with Crippen molar-refractivity contribution in [3.8, 4) is 11.1 Å². The highest BCUT2D eigenvalue weighted by Gasteiger charge is 2.24. The van der Waals surface area contributed by atoms with E-state index >= 15 is 0 Å². The Morgan fingerprint density at radius 2 is 1.76 bits per heavy atom. The maximum atomic E-state index is 4.53. The molecule has 0 spiro atoms. The Kier molecular flexibility index (Phi) is 4.73. The molecule has 0 saturated heterocycles. The summed E-state index contributed by atoms with van der Waals surface area (Å²) in [6.45, 7) is 2.19. The Labute approximate surface area is 173 Å². The molecular weight excluding hydrogens is 350 g/mol. The summed E-state index contributed by atoms with van der Waals surface area (Å²) in [4.78, 5) is 4.53. The summed E-state index contributed by atoms with van der Waals surface area (Å²) in [5.74, 6) is 0.423. The summed E-state index contributed by atoms with van der Waals surface area (Å²) >= 11 is 0. The number of aryl methyl sites for hydroxylation is 2. The molecule has 142 valence electrons. The predicted molar refractivity (Wildman–Crippen MR) is 122 cm³/mol. The van der Waals surface area contributed by atoms with Crippen molar-refractivity contribution in [2.75, 3.05) is 0 Å². The zero-order chi connectivity index (χ0) is 19.6. The van der Waals surface area contributed by atoms with E-state index in [9.17, 15) is 0 Å². The van der Waals surface area contributed by atoms with Crippen LogP contribution in [-0.2, 0) is 6.42 Å². The van der Waals surface area contributed by atoms with Crippen LogP contribution in [0.5, 0.6) is 0 Å². The first-order valence-electron chi connectivity index (χ1n) is 10.5. The Hall–Kier alpha value is -3.19. The normalized spacial score (nSPS) is 18.0. The summed E-state index contributed by atoms with van der Waals surface area (Å²) in [5.41, 5.74) is 10.7. The Balaban J connectivity index is 1.53. The number of hydrogen-bond donors (Lipinski definition) is 0. The first-order chi connectivity index (χ1) is 14.3. The second kappa shape index (κ2) is 7.67. The molecule has 2 aliphatic rings. The molecule has 0 bridgehead atoms. The maximum absolute atomic E-state index is 4.53. The summed E-state index contributed by atoms with van der Waals surface area (Å²) in [5, 5.41) is 0. The van der Waals surface area contributed by atoms with Gasteiger partial charge in [0.15, 0.2) is 0 Å². The molecule has 0 radical (unpaired) electrons. The number of pyridine rings is 1. The molecule has 1 unspecified atom stereocenters. The molecule has 1 aromatic heterocycles. The highest BCUT2D eigenvalue weighted by molar-refractivity contribution is 5.76. The number of aromatic nitrogens is 1. The molecule has 0 N–H and O–H groups in total. The van der Waals surface area contributed by atoms with Gasteiger partial charge in [-0.25, -0.2) is 0 Å². The zero-order valence-corrected chi connectivity index (χ0v) is 16.8. The van der Waals surface area contributed by atoms with Gasteiger partial charge in [-0.05, 0) is 71.7 Å². The average molecular weight is 376 g/mol. The summed E-state index contributed by atoms with van der Waals surface area (Å²) < 4.78 is 0.